The van der Waals surface area contributed by atoms with Crippen LogP contribution in [0, 0.1) is 22.7 Å². The van der Waals surface area contributed by atoms with E-state index in [4.69, 9.17) is 15.4 Å². The van der Waals surface area contributed by atoms with Crippen molar-refractivity contribution in [3.05, 3.63) is 41.7 Å². The topological polar surface area (TPSA) is 149 Å². The van der Waals surface area contributed by atoms with Crippen molar-refractivity contribution in [1.29, 1.82) is 10.5 Å². The normalized spacial score (nSPS) is 10.7. The molecule has 0 atom stereocenters. The fraction of sp³-hybridized carbons (Fsp3) is 0. The van der Waals surface area contributed by atoms with Gasteiger partial charge in [-0.15, -0.1) is 14.6 Å². The van der Waals surface area contributed by atoms with Gasteiger partial charge in [0.05, 0.1) is 0 Å². The lowest BCUT2D eigenvalue weighted by atomic mass is 10.1. The van der Waals surface area contributed by atoms with Gasteiger partial charge in [0.2, 0.25) is 5.95 Å². The molecular weight excluding hydrogens is 360 g/mol. The molecule has 10 nitrogen and oxygen atoms in total. The first-order valence-electron chi connectivity index (χ1n) is 6.88. The minimum absolute atomic E-state index is 0.0169. The van der Waals surface area contributed by atoms with Crippen LogP contribution in [0.15, 0.2) is 40.6 Å². The molecule has 0 aliphatic rings. The molecule has 0 saturated heterocycles. The van der Waals surface area contributed by atoms with Crippen LogP contribution in [0.4, 0.5) is 11.6 Å². The molecule has 2 N–H and O–H groups in total. The van der Waals surface area contributed by atoms with Gasteiger partial charge in [0, 0.05) is 18.3 Å². The Hall–Kier alpha value is -3.64. The highest BCUT2D eigenvalue weighted by molar-refractivity contribution is 7.74. The predicted molar refractivity (Wildman–Crippen MR) is 89.6 cm³/mol. The maximum absolute atomic E-state index is 10.1. The van der Waals surface area contributed by atoms with Gasteiger partial charge in [-0.25, -0.2) is 0 Å². The van der Waals surface area contributed by atoms with E-state index in [1.54, 1.807) is 36.4 Å². The smallest absolute Gasteiger partial charge is 0.249 e. The average molecular weight is 368 g/mol. The zero-order chi connectivity index (χ0) is 18.5. The maximum Gasteiger partial charge on any atom is 0.249 e. The number of aromatic hydroxyl groups is 1. The summed E-state index contributed by atoms with van der Waals surface area (Å²) in [5, 5.41) is 41.2. The number of rotatable bonds is 5. The number of nitriles is 2. The third-order valence-electron chi connectivity index (χ3n) is 3.26. The fourth-order valence-corrected chi connectivity index (χ4v) is 2.19. The molecule has 1 heterocycles. The van der Waals surface area contributed by atoms with Crippen LogP contribution >= 0.6 is 12.9 Å². The lowest BCUT2D eigenvalue weighted by Gasteiger charge is -2.06. The van der Waals surface area contributed by atoms with Crippen molar-refractivity contribution in [2.24, 2.45) is 10.2 Å². The van der Waals surface area contributed by atoms with Crippen molar-refractivity contribution in [3.63, 3.8) is 0 Å². The lowest BCUT2D eigenvalue weighted by Crippen LogP contribution is -1.92. The molecule has 1 aromatic heterocycles. The Morgan fingerprint density at radius 2 is 2.00 bits per heavy atom. The Morgan fingerprint density at radius 3 is 2.69 bits per heavy atom. The number of phenols is 1. The largest absolute Gasteiger partial charge is 0.506 e. The highest BCUT2D eigenvalue weighted by atomic mass is 32.1. The zero-order valence-corrected chi connectivity index (χ0v) is 13.6. The van der Waals surface area contributed by atoms with Gasteiger partial charge in [-0.05, 0) is 34.7 Å². The molecule has 0 amide bonds. The van der Waals surface area contributed by atoms with Crippen molar-refractivity contribution in [2.45, 2.75) is 0 Å². The Balaban J connectivity index is 1.99. The molecule has 26 heavy (non-hydrogen) atoms. The van der Waals surface area contributed by atoms with Gasteiger partial charge in [-0.2, -0.15) is 15.5 Å². The lowest BCUT2D eigenvalue weighted by molar-refractivity contribution is -0.402. The Morgan fingerprint density at radius 1 is 1.15 bits per heavy atom. The summed E-state index contributed by atoms with van der Waals surface area (Å²) in [7, 11) is 0. The first kappa shape index (κ1) is 17.2. The molecule has 11 heteroatoms. The third kappa shape index (κ3) is 3.40. The number of fused-ring (bicyclic) bond motifs is 1. The Kier molecular flexibility index (Phi) is 4.96. The quantitative estimate of drug-likeness (QED) is 0.205. The third-order valence-corrected chi connectivity index (χ3v) is 3.32. The first-order chi connectivity index (χ1) is 12.7. The molecule has 3 rings (SSSR count). The minimum Gasteiger partial charge on any atom is -0.506 e. The summed E-state index contributed by atoms with van der Waals surface area (Å²) in [6, 6.07) is 11.5. The summed E-state index contributed by atoms with van der Waals surface area (Å²) in [6.07, 6.45) is 0. The Bertz CT molecular complexity index is 1050. The molecule has 0 spiro atoms. The van der Waals surface area contributed by atoms with Crippen LogP contribution in [0.2, 0.25) is 0 Å². The number of H-pyrrole nitrogens is 1. The summed E-state index contributed by atoms with van der Waals surface area (Å²) in [5.41, 5.74) is 0.0717. The van der Waals surface area contributed by atoms with E-state index in [-0.39, 0.29) is 28.8 Å². The van der Waals surface area contributed by atoms with E-state index in [0.717, 1.165) is 0 Å². The highest BCUT2D eigenvalue weighted by Crippen LogP contribution is 2.37. The Labute approximate surface area is 151 Å². The average Bonchev–Trinajstić information content (AvgIpc) is 3.08. The van der Waals surface area contributed by atoms with E-state index in [9.17, 15) is 5.11 Å². The highest BCUT2D eigenvalue weighted by Gasteiger charge is 2.11. The number of imidazole rings is 1. The number of hydrogen-bond acceptors (Lipinski definition) is 10. The molecular formula is C15H8N6O4S. The van der Waals surface area contributed by atoms with Crippen LogP contribution in [-0.4, -0.2) is 15.1 Å². The number of phenolic OH excluding ortho intramolecular Hbond substituents is 1. The molecule has 0 aliphatic carbocycles. The van der Waals surface area contributed by atoms with Crippen molar-refractivity contribution in [3.8, 4) is 23.6 Å². The second kappa shape index (κ2) is 7.50. The van der Waals surface area contributed by atoms with E-state index >= 15 is 0 Å². The van der Waals surface area contributed by atoms with Crippen LogP contribution in [0.3, 0.4) is 0 Å². The zero-order valence-electron chi connectivity index (χ0n) is 12.7. The van der Waals surface area contributed by atoms with E-state index < -0.39 is 0 Å². The predicted octanol–water partition coefficient (Wildman–Crippen LogP) is 3.51. The van der Waals surface area contributed by atoms with Gasteiger partial charge in [-0.1, -0.05) is 6.07 Å². The SMILES string of the molecule is N#Cc1nc(N=Nc2c(O)ccc3cc(OOOS)ccc23)[nH]c1C#N. The summed E-state index contributed by atoms with van der Waals surface area (Å²) in [6.45, 7) is 0. The minimum atomic E-state index is -0.113. The van der Waals surface area contributed by atoms with Gasteiger partial charge in [0.25, 0.3) is 0 Å². The molecule has 0 aliphatic heterocycles. The summed E-state index contributed by atoms with van der Waals surface area (Å²) in [5.74, 6) is 0.190. The molecule has 0 radical (unpaired) electrons. The van der Waals surface area contributed by atoms with E-state index in [1.165, 1.54) is 6.07 Å². The monoisotopic (exact) mass is 368 g/mol. The van der Waals surface area contributed by atoms with E-state index in [2.05, 4.69) is 42.5 Å². The van der Waals surface area contributed by atoms with Crippen molar-refractivity contribution >= 4 is 35.3 Å². The molecule has 2 aromatic carbocycles. The van der Waals surface area contributed by atoms with Crippen LogP contribution in [-0.2, 0) is 9.37 Å². The molecule has 0 saturated carbocycles. The number of aromatic amines is 1. The second-order valence-electron chi connectivity index (χ2n) is 4.75. The van der Waals surface area contributed by atoms with Crippen LogP contribution in [0.25, 0.3) is 10.8 Å². The van der Waals surface area contributed by atoms with Gasteiger partial charge in [0.1, 0.15) is 23.6 Å². The van der Waals surface area contributed by atoms with Crippen molar-refractivity contribution < 1.29 is 19.4 Å². The standard InChI is InChI=1S/C15H8N6O4S/c16-6-11-12(7-17)19-15(18-11)21-20-14-10-3-2-9(23-24-25-26)5-8(10)1-4-13(14)22/h1-5,22,26H,(H,18,19). The number of nitrogens with one attached hydrogen (secondary N) is 1. The number of hydrogen-bond donors (Lipinski definition) is 3. The van der Waals surface area contributed by atoms with Gasteiger partial charge in [-0.3, -0.25) is 0 Å². The second-order valence-corrected chi connectivity index (χ2v) is 4.90. The molecule has 0 bridgehead atoms. The van der Waals surface area contributed by atoms with Crippen LogP contribution in [0.5, 0.6) is 11.5 Å². The van der Waals surface area contributed by atoms with Crippen molar-refractivity contribution in [2.75, 3.05) is 0 Å². The van der Waals surface area contributed by atoms with Crippen LogP contribution in [0.1, 0.15) is 11.4 Å². The number of azo groups is 1. The molecule has 0 unspecified atom stereocenters. The van der Waals surface area contributed by atoms with Gasteiger partial charge in [0.15, 0.2) is 17.1 Å². The molecule has 0 fully saturated rings. The fourth-order valence-electron chi connectivity index (χ4n) is 2.16. The first-order valence-corrected chi connectivity index (χ1v) is 7.25. The van der Waals surface area contributed by atoms with E-state index in [1.807, 2.05) is 0 Å². The molecule has 3 aromatic rings. The van der Waals surface area contributed by atoms with Gasteiger partial charge >= 0.3 is 0 Å². The number of aromatic nitrogens is 2. The molecule has 128 valence electrons. The number of nitrogens with zero attached hydrogens (tertiary/aromatic N) is 5. The van der Waals surface area contributed by atoms with Gasteiger partial charge < -0.3 is 15.0 Å². The summed E-state index contributed by atoms with van der Waals surface area (Å²) >= 11 is 3.38. The number of thiol groups is 1. The number of benzene rings is 2. The summed E-state index contributed by atoms with van der Waals surface area (Å²) in [4.78, 5) is 11.2. The summed E-state index contributed by atoms with van der Waals surface area (Å²) < 4.78 is 4.06. The van der Waals surface area contributed by atoms with Crippen LogP contribution < -0.4 is 4.89 Å². The maximum atomic E-state index is 10.1. The van der Waals surface area contributed by atoms with Crippen molar-refractivity contribution in [1.82, 2.24) is 9.97 Å². The van der Waals surface area contributed by atoms with E-state index in [0.29, 0.717) is 16.5 Å².